The van der Waals surface area contributed by atoms with Crippen molar-refractivity contribution in [2.75, 3.05) is 0 Å². The van der Waals surface area contributed by atoms with Gasteiger partial charge in [-0.2, -0.15) is 0 Å². The molecule has 0 spiro atoms. The van der Waals surface area contributed by atoms with Crippen LogP contribution in [0.25, 0.3) is 5.57 Å². The zero-order valence-electron chi connectivity index (χ0n) is 23.8. The highest BCUT2D eigenvalue weighted by Crippen LogP contribution is 2.40. The van der Waals surface area contributed by atoms with E-state index in [0.29, 0.717) is 5.75 Å². The summed E-state index contributed by atoms with van der Waals surface area (Å²) in [6, 6.07) is 17.4. The maximum Gasteiger partial charge on any atom is 0.123 e. The van der Waals surface area contributed by atoms with Crippen LogP contribution in [0.2, 0.25) is 0 Å². The fraction of sp³-hybridized carbons (Fsp3) is 0.455. The van der Waals surface area contributed by atoms with Gasteiger partial charge in [-0.15, -0.1) is 0 Å². The number of hydrogen-bond donors (Lipinski definition) is 1. The van der Waals surface area contributed by atoms with E-state index in [-0.39, 0.29) is 0 Å². The van der Waals surface area contributed by atoms with Crippen LogP contribution in [-0.4, -0.2) is 5.11 Å². The quantitative estimate of drug-likeness (QED) is 0.448. The molecule has 1 nitrogen and oxygen atoms in total. The summed E-state index contributed by atoms with van der Waals surface area (Å²) in [5.74, 6) is 1.96. The van der Waals surface area contributed by atoms with Gasteiger partial charge in [-0.25, -0.2) is 0 Å². The van der Waals surface area contributed by atoms with Crippen molar-refractivity contribution < 1.29 is 5.11 Å². The molecule has 1 fully saturated rings. The summed E-state index contributed by atoms with van der Waals surface area (Å²) in [4.78, 5) is 0. The molecular weight excluding hydrogens is 412 g/mol. The molecule has 3 rings (SSSR count). The monoisotopic (exact) mass is 464 g/mol. The standard InChI is InChI=1S/C13H22.C9H10O.C7H8.2C2H6/c1-9(2)13(10(3)4)12-8-6-7-11(12)5;1-7(2)8-5-3-4-6-9(8)10;1-7-5-3-2-4-6-7;2*1-2/h11-12H,1,6-8H2,2-5H3;3-6,10H,1H2,2H3;2-6H,1H3;2*1-2H3. The Labute approximate surface area is 212 Å². The molecule has 1 aliphatic carbocycles. The minimum Gasteiger partial charge on any atom is -0.507 e. The number of phenolic OH excluding ortho intramolecular Hbond substituents is 1. The SMILES string of the molecule is C=C(C)C(=C(C)C)C1CCCC1C.C=C(C)c1ccccc1O.CC.CC.Cc1ccccc1. The number of hydrogen-bond acceptors (Lipinski definition) is 1. The molecule has 0 aromatic heterocycles. The topological polar surface area (TPSA) is 20.2 Å². The first-order valence-electron chi connectivity index (χ1n) is 12.9. The molecule has 34 heavy (non-hydrogen) atoms. The first-order valence-corrected chi connectivity index (χ1v) is 12.9. The van der Waals surface area contributed by atoms with Gasteiger partial charge in [0.1, 0.15) is 5.75 Å². The van der Waals surface area contributed by atoms with Gasteiger partial charge < -0.3 is 5.11 Å². The van der Waals surface area contributed by atoms with Crippen LogP contribution in [0.15, 0.2) is 84.5 Å². The minimum atomic E-state index is 0.301. The molecule has 1 saturated carbocycles. The molecule has 1 N–H and O–H groups in total. The second-order valence-corrected chi connectivity index (χ2v) is 8.66. The molecule has 190 valence electrons. The van der Waals surface area contributed by atoms with Crippen molar-refractivity contribution in [2.45, 2.75) is 88.5 Å². The Bertz CT molecular complexity index is 838. The lowest BCUT2D eigenvalue weighted by Gasteiger charge is -2.21. The lowest BCUT2D eigenvalue weighted by Crippen LogP contribution is -2.09. The van der Waals surface area contributed by atoms with Crippen LogP contribution >= 0.6 is 0 Å². The van der Waals surface area contributed by atoms with E-state index < -0.39 is 0 Å². The van der Waals surface area contributed by atoms with Crippen LogP contribution in [0.3, 0.4) is 0 Å². The second kappa shape index (κ2) is 19.9. The third kappa shape index (κ3) is 13.2. The molecular formula is C33H52O. The smallest absolute Gasteiger partial charge is 0.123 e. The van der Waals surface area contributed by atoms with Crippen molar-refractivity contribution in [2.24, 2.45) is 11.8 Å². The fourth-order valence-electron chi connectivity index (χ4n) is 4.06. The lowest BCUT2D eigenvalue weighted by molar-refractivity contribution is 0.473. The fourth-order valence-corrected chi connectivity index (χ4v) is 4.06. The van der Waals surface area contributed by atoms with Gasteiger partial charge in [0, 0.05) is 5.56 Å². The van der Waals surface area contributed by atoms with E-state index in [4.69, 9.17) is 0 Å². The van der Waals surface area contributed by atoms with Crippen LogP contribution in [0.5, 0.6) is 5.75 Å². The number of aryl methyl sites for hydroxylation is 1. The van der Waals surface area contributed by atoms with Crippen molar-refractivity contribution in [1.29, 1.82) is 0 Å². The Hall–Kier alpha value is -2.54. The Balaban J connectivity index is 0. The van der Waals surface area contributed by atoms with Gasteiger partial charge in [-0.1, -0.05) is 126 Å². The van der Waals surface area contributed by atoms with E-state index in [2.05, 4.69) is 59.9 Å². The van der Waals surface area contributed by atoms with Crippen LogP contribution < -0.4 is 0 Å². The molecule has 2 unspecified atom stereocenters. The van der Waals surface area contributed by atoms with Crippen LogP contribution in [0, 0.1) is 18.8 Å². The maximum atomic E-state index is 9.22. The van der Waals surface area contributed by atoms with Crippen LogP contribution in [-0.2, 0) is 0 Å². The van der Waals surface area contributed by atoms with E-state index >= 15 is 0 Å². The van der Waals surface area contributed by atoms with E-state index in [1.54, 1.807) is 17.7 Å². The highest BCUT2D eigenvalue weighted by atomic mass is 16.3. The van der Waals surface area contributed by atoms with Crippen molar-refractivity contribution in [1.82, 2.24) is 0 Å². The predicted molar refractivity (Wildman–Crippen MR) is 156 cm³/mol. The summed E-state index contributed by atoms with van der Waals surface area (Å²) in [5, 5.41) is 9.22. The third-order valence-corrected chi connectivity index (χ3v) is 5.54. The zero-order valence-corrected chi connectivity index (χ0v) is 23.8. The predicted octanol–water partition coefficient (Wildman–Crippen LogP) is 10.8. The Kier molecular flexibility index (Phi) is 19.7. The molecule has 2 aromatic rings. The van der Waals surface area contributed by atoms with Gasteiger partial charge in [-0.05, 0) is 70.1 Å². The number of aromatic hydroxyl groups is 1. The molecule has 2 aromatic carbocycles. The molecule has 1 aliphatic rings. The number of allylic oxidation sites excluding steroid dienone is 4. The normalized spacial score (nSPS) is 15.4. The zero-order chi connectivity index (χ0) is 26.7. The molecule has 0 heterocycles. The molecule has 0 aliphatic heterocycles. The average Bonchev–Trinajstić information content (AvgIpc) is 3.23. The van der Waals surface area contributed by atoms with Gasteiger partial charge in [0.2, 0.25) is 0 Å². The number of rotatable bonds is 3. The minimum absolute atomic E-state index is 0.301. The summed E-state index contributed by atoms with van der Waals surface area (Å²) in [5.41, 5.74) is 7.32. The first-order chi connectivity index (χ1) is 16.1. The summed E-state index contributed by atoms with van der Waals surface area (Å²) >= 11 is 0. The highest BCUT2D eigenvalue weighted by molar-refractivity contribution is 5.66. The van der Waals surface area contributed by atoms with E-state index in [1.165, 1.54) is 36.0 Å². The van der Waals surface area contributed by atoms with Crippen LogP contribution in [0.1, 0.15) is 92.7 Å². The van der Waals surface area contributed by atoms with Gasteiger partial charge in [0.25, 0.3) is 0 Å². The first kappa shape index (κ1) is 33.6. The number of para-hydroxylation sites is 1. The molecule has 0 radical (unpaired) electrons. The Morgan fingerprint density at radius 2 is 1.29 bits per heavy atom. The van der Waals surface area contributed by atoms with Crippen molar-refractivity contribution >= 4 is 5.57 Å². The lowest BCUT2D eigenvalue weighted by atomic mass is 9.84. The van der Waals surface area contributed by atoms with E-state index in [9.17, 15) is 5.11 Å². The molecule has 1 heteroatoms. The van der Waals surface area contributed by atoms with E-state index in [0.717, 1.165) is 23.0 Å². The van der Waals surface area contributed by atoms with Gasteiger partial charge >= 0.3 is 0 Å². The second-order valence-electron chi connectivity index (χ2n) is 8.66. The summed E-state index contributed by atoms with van der Waals surface area (Å²) in [6.45, 7) is 28.7. The summed E-state index contributed by atoms with van der Waals surface area (Å²) in [7, 11) is 0. The third-order valence-electron chi connectivity index (χ3n) is 5.54. The van der Waals surface area contributed by atoms with Gasteiger partial charge in [0.15, 0.2) is 0 Å². The Morgan fingerprint density at radius 1 is 0.794 bits per heavy atom. The average molecular weight is 465 g/mol. The van der Waals surface area contributed by atoms with Crippen molar-refractivity contribution in [3.05, 3.63) is 95.6 Å². The largest absolute Gasteiger partial charge is 0.507 e. The highest BCUT2D eigenvalue weighted by Gasteiger charge is 2.27. The Morgan fingerprint density at radius 3 is 1.59 bits per heavy atom. The summed E-state index contributed by atoms with van der Waals surface area (Å²) < 4.78 is 0. The molecule has 2 atom stereocenters. The van der Waals surface area contributed by atoms with Gasteiger partial charge in [-0.3, -0.25) is 0 Å². The van der Waals surface area contributed by atoms with Crippen LogP contribution in [0.4, 0.5) is 0 Å². The molecule has 0 bridgehead atoms. The van der Waals surface area contributed by atoms with Crippen molar-refractivity contribution in [3.63, 3.8) is 0 Å². The molecule has 0 saturated heterocycles. The van der Waals surface area contributed by atoms with Crippen molar-refractivity contribution in [3.8, 4) is 5.75 Å². The van der Waals surface area contributed by atoms with E-state index in [1.807, 2.05) is 65.0 Å². The molecule has 0 amide bonds. The van der Waals surface area contributed by atoms with Gasteiger partial charge in [0.05, 0.1) is 0 Å². The number of phenols is 1. The maximum absolute atomic E-state index is 9.22. The number of benzene rings is 2. The summed E-state index contributed by atoms with van der Waals surface area (Å²) in [6.07, 6.45) is 4.17.